The predicted octanol–water partition coefficient (Wildman–Crippen LogP) is 3.85. The predicted molar refractivity (Wildman–Crippen MR) is 106 cm³/mol. The Morgan fingerprint density at radius 2 is 1.50 bits per heavy atom. The Hall–Kier alpha value is -2.34. The second kappa shape index (κ2) is 7.50. The molecule has 2 N–H and O–H groups in total. The van der Waals surface area contributed by atoms with Crippen LogP contribution in [0.3, 0.4) is 0 Å². The fourth-order valence-corrected chi connectivity index (χ4v) is 3.10. The molecular formula is C20H26N2O3S. The molecule has 0 aliphatic rings. The van der Waals surface area contributed by atoms with Crippen molar-refractivity contribution in [2.24, 2.45) is 0 Å². The minimum Gasteiger partial charge on any atom is -0.346 e. The molecule has 0 saturated carbocycles. The van der Waals surface area contributed by atoms with E-state index in [2.05, 4.69) is 42.9 Å². The lowest BCUT2D eigenvalue weighted by Gasteiger charge is -2.20. The standard InChI is InChI=1S/C20H26N2O3S/c1-14(15-6-10-17(11-7-15)20(2,3)4)21-19(23)16-8-12-18(13-9-16)22-26(5,24)25/h6-14,22H,1-5H3,(H,21,23)/t14-/m1/s1. The largest absolute Gasteiger partial charge is 0.346 e. The number of carbonyl (C=O) groups excluding carboxylic acids is 1. The summed E-state index contributed by atoms with van der Waals surface area (Å²) in [6.07, 6.45) is 1.08. The molecule has 0 heterocycles. The number of rotatable bonds is 5. The second-order valence-corrected chi connectivity index (χ2v) is 9.27. The highest BCUT2D eigenvalue weighted by molar-refractivity contribution is 7.92. The van der Waals surface area contributed by atoms with Gasteiger partial charge in [0.05, 0.1) is 12.3 Å². The summed E-state index contributed by atoms with van der Waals surface area (Å²) < 4.78 is 24.8. The molecule has 2 aromatic carbocycles. The number of sulfonamides is 1. The molecule has 140 valence electrons. The SMILES string of the molecule is C[C@@H](NC(=O)c1ccc(NS(C)(=O)=O)cc1)c1ccc(C(C)(C)C)cc1. The zero-order chi connectivity index (χ0) is 19.5. The molecule has 0 spiro atoms. The number of anilines is 1. The number of benzene rings is 2. The van der Waals surface area contributed by atoms with Crippen molar-refractivity contribution in [3.05, 3.63) is 65.2 Å². The maximum atomic E-state index is 12.4. The fraction of sp³-hybridized carbons (Fsp3) is 0.350. The van der Waals surface area contributed by atoms with Gasteiger partial charge in [0.25, 0.3) is 5.91 Å². The normalized spacial score (nSPS) is 13.1. The number of carbonyl (C=O) groups is 1. The van der Waals surface area contributed by atoms with Crippen molar-refractivity contribution < 1.29 is 13.2 Å². The molecule has 0 radical (unpaired) electrons. The van der Waals surface area contributed by atoms with E-state index in [1.54, 1.807) is 24.3 Å². The summed E-state index contributed by atoms with van der Waals surface area (Å²) in [7, 11) is -3.33. The lowest BCUT2D eigenvalue weighted by atomic mass is 9.86. The van der Waals surface area contributed by atoms with Gasteiger partial charge in [0, 0.05) is 11.3 Å². The van der Waals surface area contributed by atoms with Crippen molar-refractivity contribution in [3.63, 3.8) is 0 Å². The van der Waals surface area contributed by atoms with Crippen molar-refractivity contribution in [2.45, 2.75) is 39.2 Å². The third-order valence-electron chi connectivity index (χ3n) is 4.07. The number of hydrogen-bond acceptors (Lipinski definition) is 3. The number of amides is 1. The Morgan fingerprint density at radius 3 is 1.96 bits per heavy atom. The highest BCUT2D eigenvalue weighted by atomic mass is 32.2. The van der Waals surface area contributed by atoms with Crippen LogP contribution in [0.4, 0.5) is 5.69 Å². The van der Waals surface area contributed by atoms with E-state index in [-0.39, 0.29) is 17.4 Å². The van der Waals surface area contributed by atoms with Crippen LogP contribution in [0, 0.1) is 0 Å². The van der Waals surface area contributed by atoms with Crippen LogP contribution in [0.15, 0.2) is 48.5 Å². The third kappa shape index (κ3) is 5.59. The van der Waals surface area contributed by atoms with Gasteiger partial charge in [-0.05, 0) is 47.7 Å². The minimum atomic E-state index is -3.33. The molecule has 6 heteroatoms. The van der Waals surface area contributed by atoms with Gasteiger partial charge in [-0.1, -0.05) is 45.0 Å². The van der Waals surface area contributed by atoms with Gasteiger partial charge in [0.2, 0.25) is 10.0 Å². The lowest BCUT2D eigenvalue weighted by Crippen LogP contribution is -2.26. The van der Waals surface area contributed by atoms with E-state index in [4.69, 9.17) is 0 Å². The summed E-state index contributed by atoms with van der Waals surface area (Å²) >= 11 is 0. The van der Waals surface area contributed by atoms with Crippen molar-refractivity contribution in [3.8, 4) is 0 Å². The van der Waals surface area contributed by atoms with Gasteiger partial charge >= 0.3 is 0 Å². The first-order chi connectivity index (χ1) is 12.0. The Balaban J connectivity index is 2.04. The van der Waals surface area contributed by atoms with Crippen LogP contribution < -0.4 is 10.0 Å². The van der Waals surface area contributed by atoms with Gasteiger partial charge in [0.15, 0.2) is 0 Å². The van der Waals surface area contributed by atoms with Gasteiger partial charge in [0.1, 0.15) is 0 Å². The molecule has 0 aliphatic heterocycles. The Morgan fingerprint density at radius 1 is 0.962 bits per heavy atom. The molecule has 2 aromatic rings. The molecular weight excluding hydrogens is 348 g/mol. The maximum absolute atomic E-state index is 12.4. The van der Waals surface area contributed by atoms with E-state index in [0.717, 1.165) is 11.8 Å². The molecule has 1 atom stereocenters. The molecule has 0 bridgehead atoms. The summed E-state index contributed by atoms with van der Waals surface area (Å²) in [6.45, 7) is 8.42. The van der Waals surface area contributed by atoms with E-state index in [1.165, 1.54) is 5.56 Å². The van der Waals surface area contributed by atoms with Gasteiger partial charge in [-0.25, -0.2) is 8.42 Å². The monoisotopic (exact) mass is 374 g/mol. The zero-order valence-electron chi connectivity index (χ0n) is 15.8. The van der Waals surface area contributed by atoms with Gasteiger partial charge in [-0.3, -0.25) is 9.52 Å². The van der Waals surface area contributed by atoms with E-state index in [1.807, 2.05) is 19.1 Å². The smallest absolute Gasteiger partial charge is 0.251 e. The van der Waals surface area contributed by atoms with Crippen LogP contribution in [0.2, 0.25) is 0 Å². The molecule has 0 saturated heterocycles. The van der Waals surface area contributed by atoms with Gasteiger partial charge in [-0.2, -0.15) is 0 Å². The molecule has 0 fully saturated rings. The highest BCUT2D eigenvalue weighted by Gasteiger charge is 2.15. The lowest BCUT2D eigenvalue weighted by molar-refractivity contribution is 0.0940. The quantitative estimate of drug-likeness (QED) is 0.835. The van der Waals surface area contributed by atoms with Crippen molar-refractivity contribution in [1.29, 1.82) is 0 Å². The van der Waals surface area contributed by atoms with E-state index < -0.39 is 10.0 Å². The minimum absolute atomic E-state index is 0.0900. The first-order valence-electron chi connectivity index (χ1n) is 8.45. The molecule has 0 unspecified atom stereocenters. The molecule has 26 heavy (non-hydrogen) atoms. The first kappa shape index (κ1) is 20.0. The average molecular weight is 375 g/mol. The van der Waals surface area contributed by atoms with Crippen LogP contribution in [-0.4, -0.2) is 20.6 Å². The van der Waals surface area contributed by atoms with Crippen molar-refractivity contribution >= 4 is 21.6 Å². The molecule has 0 aliphatic carbocycles. The van der Waals surface area contributed by atoms with Crippen LogP contribution in [0.5, 0.6) is 0 Å². The zero-order valence-corrected chi connectivity index (χ0v) is 16.6. The average Bonchev–Trinajstić information content (AvgIpc) is 2.53. The van der Waals surface area contributed by atoms with E-state index in [0.29, 0.717) is 11.3 Å². The third-order valence-corrected chi connectivity index (χ3v) is 4.68. The topological polar surface area (TPSA) is 75.3 Å². The molecule has 2 rings (SSSR count). The Labute approximate surface area is 155 Å². The number of nitrogens with one attached hydrogen (secondary N) is 2. The van der Waals surface area contributed by atoms with Crippen molar-refractivity contribution in [1.82, 2.24) is 5.32 Å². The van der Waals surface area contributed by atoms with E-state index >= 15 is 0 Å². The number of hydrogen-bond donors (Lipinski definition) is 2. The molecule has 5 nitrogen and oxygen atoms in total. The van der Waals surface area contributed by atoms with E-state index in [9.17, 15) is 13.2 Å². The van der Waals surface area contributed by atoms with Crippen LogP contribution >= 0.6 is 0 Å². The Kier molecular flexibility index (Phi) is 5.76. The summed E-state index contributed by atoms with van der Waals surface area (Å²) in [5.74, 6) is -0.205. The second-order valence-electron chi connectivity index (χ2n) is 7.52. The summed E-state index contributed by atoms with van der Waals surface area (Å²) in [4.78, 5) is 12.4. The maximum Gasteiger partial charge on any atom is 0.251 e. The fourth-order valence-electron chi connectivity index (χ4n) is 2.54. The summed E-state index contributed by atoms with van der Waals surface area (Å²) in [5.41, 5.74) is 3.26. The van der Waals surface area contributed by atoms with Gasteiger partial charge < -0.3 is 5.32 Å². The van der Waals surface area contributed by atoms with Crippen LogP contribution in [0.25, 0.3) is 0 Å². The van der Waals surface area contributed by atoms with Crippen LogP contribution in [-0.2, 0) is 15.4 Å². The highest BCUT2D eigenvalue weighted by Crippen LogP contribution is 2.24. The molecule has 1 amide bonds. The van der Waals surface area contributed by atoms with Crippen molar-refractivity contribution in [2.75, 3.05) is 11.0 Å². The van der Waals surface area contributed by atoms with Gasteiger partial charge in [-0.15, -0.1) is 0 Å². The summed E-state index contributed by atoms with van der Waals surface area (Å²) in [5, 5.41) is 2.96. The molecule has 0 aromatic heterocycles. The summed E-state index contributed by atoms with van der Waals surface area (Å²) in [6, 6.07) is 14.4. The van der Waals surface area contributed by atoms with Crippen LogP contribution in [0.1, 0.15) is 55.2 Å². The first-order valence-corrected chi connectivity index (χ1v) is 10.3. The Bertz CT molecular complexity index is 865.